The third-order valence-corrected chi connectivity index (χ3v) is 2.14. The smallest absolute Gasteiger partial charge is 0.269 e. The third kappa shape index (κ3) is 1.75. The predicted octanol–water partition coefficient (Wildman–Crippen LogP) is 0.980. The SMILES string of the molecule is COc1cc(C(N)=O)nn1-c1ccccc1. The summed E-state index contributed by atoms with van der Waals surface area (Å²) >= 11 is 0. The maximum absolute atomic E-state index is 11.0. The summed E-state index contributed by atoms with van der Waals surface area (Å²) in [4.78, 5) is 11.0. The Morgan fingerprint density at radius 3 is 2.62 bits per heavy atom. The number of benzene rings is 1. The highest BCUT2D eigenvalue weighted by Gasteiger charge is 2.12. The molecule has 1 aromatic carbocycles. The van der Waals surface area contributed by atoms with Gasteiger partial charge in [0, 0.05) is 6.07 Å². The highest BCUT2D eigenvalue weighted by atomic mass is 16.5. The quantitative estimate of drug-likeness (QED) is 0.833. The van der Waals surface area contributed by atoms with Crippen molar-refractivity contribution in [2.75, 3.05) is 7.11 Å². The molecule has 1 heterocycles. The average Bonchev–Trinajstić information content (AvgIpc) is 2.74. The maximum atomic E-state index is 11.0. The molecule has 2 rings (SSSR count). The zero-order valence-electron chi connectivity index (χ0n) is 8.75. The lowest BCUT2D eigenvalue weighted by atomic mass is 10.3. The minimum Gasteiger partial charge on any atom is -0.481 e. The van der Waals surface area contributed by atoms with Crippen LogP contribution < -0.4 is 10.5 Å². The number of ether oxygens (including phenoxy) is 1. The zero-order chi connectivity index (χ0) is 11.5. The van der Waals surface area contributed by atoms with E-state index in [2.05, 4.69) is 5.10 Å². The molecule has 0 bridgehead atoms. The number of para-hydroxylation sites is 1. The van der Waals surface area contributed by atoms with Crippen molar-refractivity contribution in [3.05, 3.63) is 42.1 Å². The van der Waals surface area contributed by atoms with Gasteiger partial charge in [0.2, 0.25) is 5.88 Å². The second kappa shape index (κ2) is 4.06. The molecule has 5 nitrogen and oxygen atoms in total. The summed E-state index contributed by atoms with van der Waals surface area (Å²) in [6, 6.07) is 10.9. The van der Waals surface area contributed by atoms with E-state index in [1.165, 1.54) is 17.9 Å². The van der Waals surface area contributed by atoms with Crippen LogP contribution in [-0.4, -0.2) is 22.8 Å². The molecule has 0 saturated carbocycles. The number of hydrogen-bond acceptors (Lipinski definition) is 3. The molecule has 0 aliphatic rings. The fraction of sp³-hybridized carbons (Fsp3) is 0.0909. The van der Waals surface area contributed by atoms with Crippen molar-refractivity contribution in [1.82, 2.24) is 9.78 Å². The molecule has 0 fully saturated rings. The summed E-state index contributed by atoms with van der Waals surface area (Å²) in [5.41, 5.74) is 6.15. The standard InChI is InChI=1S/C11H11N3O2/c1-16-10-7-9(11(12)15)13-14(10)8-5-3-2-4-6-8/h2-7H,1H3,(H2,12,15). The van der Waals surface area contributed by atoms with E-state index in [-0.39, 0.29) is 5.69 Å². The van der Waals surface area contributed by atoms with Crippen molar-refractivity contribution in [2.45, 2.75) is 0 Å². The first-order valence-electron chi connectivity index (χ1n) is 4.71. The highest BCUT2D eigenvalue weighted by Crippen LogP contribution is 2.18. The van der Waals surface area contributed by atoms with Gasteiger partial charge in [-0.05, 0) is 12.1 Å². The molecule has 0 unspecified atom stereocenters. The van der Waals surface area contributed by atoms with E-state index in [0.717, 1.165) is 5.69 Å². The number of carbonyl (C=O) groups excluding carboxylic acids is 1. The Morgan fingerprint density at radius 1 is 1.38 bits per heavy atom. The summed E-state index contributed by atoms with van der Waals surface area (Å²) in [5, 5.41) is 4.07. The Kier molecular flexibility index (Phi) is 2.59. The van der Waals surface area contributed by atoms with Gasteiger partial charge in [0.1, 0.15) is 0 Å². The van der Waals surface area contributed by atoms with Gasteiger partial charge in [-0.3, -0.25) is 4.79 Å². The molecular weight excluding hydrogens is 206 g/mol. The first-order valence-corrected chi connectivity index (χ1v) is 4.71. The van der Waals surface area contributed by atoms with Crippen molar-refractivity contribution in [3.8, 4) is 11.6 Å². The van der Waals surface area contributed by atoms with E-state index >= 15 is 0 Å². The second-order valence-electron chi connectivity index (χ2n) is 3.18. The van der Waals surface area contributed by atoms with Crippen LogP contribution in [-0.2, 0) is 0 Å². The van der Waals surface area contributed by atoms with Crippen LogP contribution in [0.2, 0.25) is 0 Å². The molecular formula is C11H11N3O2. The van der Waals surface area contributed by atoms with Gasteiger partial charge in [-0.2, -0.15) is 5.10 Å². The number of aromatic nitrogens is 2. The maximum Gasteiger partial charge on any atom is 0.269 e. The Morgan fingerprint density at radius 2 is 2.06 bits per heavy atom. The van der Waals surface area contributed by atoms with Gasteiger partial charge in [-0.25, -0.2) is 4.68 Å². The molecule has 0 saturated heterocycles. The van der Waals surface area contributed by atoms with Crippen molar-refractivity contribution < 1.29 is 9.53 Å². The molecule has 1 amide bonds. The van der Waals surface area contributed by atoms with Crippen LogP contribution in [0, 0.1) is 0 Å². The Hall–Kier alpha value is -2.30. The number of methoxy groups -OCH3 is 1. The van der Waals surface area contributed by atoms with Crippen LogP contribution in [0.25, 0.3) is 5.69 Å². The molecule has 5 heteroatoms. The lowest BCUT2D eigenvalue weighted by Crippen LogP contribution is -2.12. The number of nitrogens with two attached hydrogens (primary N) is 1. The van der Waals surface area contributed by atoms with E-state index < -0.39 is 5.91 Å². The first kappa shape index (κ1) is 10.2. The molecule has 0 aliphatic heterocycles. The lowest BCUT2D eigenvalue weighted by Gasteiger charge is -2.04. The zero-order valence-corrected chi connectivity index (χ0v) is 8.75. The van der Waals surface area contributed by atoms with Gasteiger partial charge >= 0.3 is 0 Å². The van der Waals surface area contributed by atoms with Crippen LogP contribution >= 0.6 is 0 Å². The van der Waals surface area contributed by atoms with Crippen molar-refractivity contribution in [2.24, 2.45) is 5.73 Å². The summed E-state index contributed by atoms with van der Waals surface area (Å²) in [5.74, 6) is -0.104. The van der Waals surface area contributed by atoms with Gasteiger partial charge in [-0.15, -0.1) is 0 Å². The molecule has 0 aliphatic carbocycles. The third-order valence-electron chi connectivity index (χ3n) is 2.14. The molecule has 0 spiro atoms. The fourth-order valence-electron chi connectivity index (χ4n) is 1.38. The van der Waals surface area contributed by atoms with Crippen LogP contribution in [0.4, 0.5) is 0 Å². The van der Waals surface area contributed by atoms with Gasteiger partial charge in [0.15, 0.2) is 5.69 Å². The summed E-state index contributed by atoms with van der Waals surface area (Å²) in [7, 11) is 1.52. The normalized spacial score (nSPS) is 10.1. The molecule has 2 N–H and O–H groups in total. The van der Waals surface area contributed by atoms with Crippen molar-refractivity contribution >= 4 is 5.91 Å². The topological polar surface area (TPSA) is 70.1 Å². The van der Waals surface area contributed by atoms with Crippen LogP contribution in [0.15, 0.2) is 36.4 Å². The van der Waals surface area contributed by atoms with Gasteiger partial charge < -0.3 is 10.5 Å². The molecule has 0 radical (unpaired) electrons. The minimum atomic E-state index is -0.576. The first-order chi connectivity index (χ1) is 7.72. The Balaban J connectivity index is 2.52. The second-order valence-corrected chi connectivity index (χ2v) is 3.18. The number of hydrogen-bond donors (Lipinski definition) is 1. The summed E-state index contributed by atoms with van der Waals surface area (Å²) in [6.45, 7) is 0. The minimum absolute atomic E-state index is 0.181. The Bertz CT molecular complexity index is 505. The number of nitrogens with zero attached hydrogens (tertiary/aromatic N) is 2. The van der Waals surface area contributed by atoms with E-state index in [0.29, 0.717) is 5.88 Å². The van der Waals surface area contributed by atoms with Gasteiger partial charge in [0.25, 0.3) is 5.91 Å². The largest absolute Gasteiger partial charge is 0.481 e. The molecule has 0 atom stereocenters. The summed E-state index contributed by atoms with van der Waals surface area (Å²) in [6.07, 6.45) is 0. The molecule has 2 aromatic rings. The van der Waals surface area contributed by atoms with Gasteiger partial charge in [0.05, 0.1) is 12.8 Å². The Labute approximate surface area is 92.4 Å². The van der Waals surface area contributed by atoms with Crippen LogP contribution in [0.3, 0.4) is 0 Å². The van der Waals surface area contributed by atoms with Crippen LogP contribution in [0.5, 0.6) is 5.88 Å². The highest BCUT2D eigenvalue weighted by molar-refractivity contribution is 5.91. The fourth-order valence-corrected chi connectivity index (χ4v) is 1.38. The molecule has 16 heavy (non-hydrogen) atoms. The van der Waals surface area contributed by atoms with Gasteiger partial charge in [-0.1, -0.05) is 18.2 Å². The number of rotatable bonds is 3. The van der Waals surface area contributed by atoms with Crippen molar-refractivity contribution in [1.29, 1.82) is 0 Å². The van der Waals surface area contributed by atoms with Crippen LogP contribution in [0.1, 0.15) is 10.5 Å². The van der Waals surface area contributed by atoms with E-state index in [9.17, 15) is 4.79 Å². The number of primary amides is 1. The molecule has 82 valence electrons. The number of amides is 1. The monoisotopic (exact) mass is 217 g/mol. The lowest BCUT2D eigenvalue weighted by molar-refractivity contribution is 0.0995. The number of carbonyl (C=O) groups is 1. The van der Waals surface area contributed by atoms with E-state index in [1.807, 2.05) is 30.3 Å². The van der Waals surface area contributed by atoms with E-state index in [1.54, 1.807) is 0 Å². The summed E-state index contributed by atoms with van der Waals surface area (Å²) < 4.78 is 6.65. The van der Waals surface area contributed by atoms with E-state index in [4.69, 9.17) is 10.5 Å². The molecule has 1 aromatic heterocycles. The average molecular weight is 217 g/mol. The van der Waals surface area contributed by atoms with Crippen molar-refractivity contribution in [3.63, 3.8) is 0 Å². The predicted molar refractivity (Wildman–Crippen MR) is 58.6 cm³/mol.